The van der Waals surface area contributed by atoms with E-state index in [9.17, 15) is 24.8 Å². The van der Waals surface area contributed by atoms with E-state index in [1.54, 1.807) is 42.5 Å². The summed E-state index contributed by atoms with van der Waals surface area (Å²) < 4.78 is 0. The van der Waals surface area contributed by atoms with Crippen molar-refractivity contribution in [1.29, 1.82) is 0 Å². The molecule has 0 fully saturated rings. The first-order chi connectivity index (χ1) is 16.0. The van der Waals surface area contributed by atoms with Gasteiger partial charge in [0, 0.05) is 24.1 Å². The van der Waals surface area contributed by atoms with E-state index in [-0.39, 0.29) is 31.0 Å². The summed E-state index contributed by atoms with van der Waals surface area (Å²) in [5.41, 5.74) is 2.01. The number of hydrogen-bond acceptors (Lipinski definition) is 5. The van der Waals surface area contributed by atoms with Crippen molar-refractivity contribution in [3.05, 3.63) is 112 Å². The van der Waals surface area contributed by atoms with E-state index < -0.39 is 22.9 Å². The van der Waals surface area contributed by atoms with Gasteiger partial charge in [-0.2, -0.15) is 0 Å². The van der Waals surface area contributed by atoms with Crippen molar-refractivity contribution in [3.63, 3.8) is 0 Å². The molecule has 0 bridgehead atoms. The number of aliphatic hydroxyl groups excluding tert-OH is 1. The first-order valence-electron chi connectivity index (χ1n) is 10.5. The van der Waals surface area contributed by atoms with Crippen molar-refractivity contribution < 1.29 is 19.6 Å². The molecule has 8 nitrogen and oxygen atoms in total. The molecule has 170 valence electrons. The second-order valence-corrected chi connectivity index (χ2v) is 7.60. The molecule has 3 N–H and O–H groups in total. The summed E-state index contributed by atoms with van der Waals surface area (Å²) in [6, 6.07) is 22.4. The number of nitro benzene ring substituents is 1. The van der Waals surface area contributed by atoms with E-state index >= 15 is 0 Å². The first kappa shape index (κ1) is 23.6. The van der Waals surface area contributed by atoms with Crippen LogP contribution < -0.4 is 10.6 Å². The molecule has 3 aromatic rings. The lowest BCUT2D eigenvalue weighted by atomic mass is 10.0. The Bertz CT molecular complexity index is 1070. The molecule has 2 amide bonds. The number of nitro groups is 1. The Balaban J connectivity index is 1.71. The molecule has 3 rings (SSSR count). The third-order valence-corrected chi connectivity index (χ3v) is 5.14. The van der Waals surface area contributed by atoms with Crippen LogP contribution in [0.1, 0.15) is 21.5 Å². The lowest BCUT2D eigenvalue weighted by molar-refractivity contribution is -0.384. The molecule has 0 heterocycles. The molecule has 8 heteroatoms. The van der Waals surface area contributed by atoms with Crippen LogP contribution in [0.15, 0.2) is 84.9 Å². The monoisotopic (exact) mass is 447 g/mol. The zero-order chi connectivity index (χ0) is 23.6. The number of nitrogens with zero attached hydrogens (tertiary/aromatic N) is 1. The second-order valence-electron chi connectivity index (χ2n) is 7.60. The van der Waals surface area contributed by atoms with E-state index in [4.69, 9.17) is 0 Å². The number of carbonyl (C=O) groups excluding carboxylic acids is 2. The maximum Gasteiger partial charge on any atom is 0.269 e. The highest BCUT2D eigenvalue weighted by molar-refractivity contribution is 5.97. The van der Waals surface area contributed by atoms with Gasteiger partial charge in [0.15, 0.2) is 0 Å². The van der Waals surface area contributed by atoms with Crippen LogP contribution in [-0.2, 0) is 17.6 Å². The molecule has 0 aromatic heterocycles. The van der Waals surface area contributed by atoms with Gasteiger partial charge in [-0.1, -0.05) is 60.7 Å². The zero-order valence-corrected chi connectivity index (χ0v) is 17.9. The van der Waals surface area contributed by atoms with E-state index in [1.807, 2.05) is 30.3 Å². The predicted octanol–water partition coefficient (Wildman–Crippen LogP) is 2.66. The predicted molar refractivity (Wildman–Crippen MR) is 124 cm³/mol. The molecular weight excluding hydrogens is 422 g/mol. The molecule has 0 aliphatic heterocycles. The number of nitrogens with one attached hydrogen (secondary N) is 2. The Morgan fingerprint density at radius 1 is 0.818 bits per heavy atom. The Kier molecular flexibility index (Phi) is 8.26. The number of aliphatic hydroxyl groups is 1. The molecule has 0 radical (unpaired) electrons. The number of benzene rings is 3. The fraction of sp³-hybridized carbons (Fsp3) is 0.200. The first-order valence-corrected chi connectivity index (χ1v) is 10.5. The van der Waals surface area contributed by atoms with Crippen LogP contribution in [-0.4, -0.2) is 40.5 Å². The standard InChI is InChI=1S/C25H25N3O5/c29-17-21(15-19-11-13-22(14-12-19)28(32)33)26-25(31)23(16-18-7-3-1-4-8-18)27-24(30)20-9-5-2-6-10-20/h1-14,21,23,29H,15-17H2,(H,26,31)(H,27,30)/t21-,23-/m0/s1. The molecule has 3 aromatic carbocycles. The van der Waals surface area contributed by atoms with Crippen molar-refractivity contribution >= 4 is 17.5 Å². The van der Waals surface area contributed by atoms with Crippen LogP contribution in [0.4, 0.5) is 5.69 Å². The van der Waals surface area contributed by atoms with Crippen LogP contribution in [0, 0.1) is 10.1 Å². The van der Waals surface area contributed by atoms with Gasteiger partial charge in [-0.3, -0.25) is 19.7 Å². The number of rotatable bonds is 10. The average Bonchev–Trinajstić information content (AvgIpc) is 2.84. The zero-order valence-electron chi connectivity index (χ0n) is 17.9. The van der Waals surface area contributed by atoms with Gasteiger partial charge in [-0.25, -0.2) is 0 Å². The van der Waals surface area contributed by atoms with Crippen molar-refractivity contribution in [2.24, 2.45) is 0 Å². The van der Waals surface area contributed by atoms with Crippen molar-refractivity contribution in [1.82, 2.24) is 10.6 Å². The van der Waals surface area contributed by atoms with Crippen LogP contribution in [0.5, 0.6) is 0 Å². The normalized spacial score (nSPS) is 12.4. The smallest absolute Gasteiger partial charge is 0.269 e. The van der Waals surface area contributed by atoms with Gasteiger partial charge in [-0.05, 0) is 29.7 Å². The van der Waals surface area contributed by atoms with E-state index in [0.717, 1.165) is 11.1 Å². The van der Waals surface area contributed by atoms with Gasteiger partial charge in [0.25, 0.3) is 11.6 Å². The SMILES string of the molecule is O=C(N[C@@H](Cc1ccccc1)C(=O)N[C@H](CO)Cc1ccc([N+](=O)[O-])cc1)c1ccccc1. The molecule has 0 saturated carbocycles. The Morgan fingerprint density at radius 3 is 1.97 bits per heavy atom. The summed E-state index contributed by atoms with van der Waals surface area (Å²) in [6.07, 6.45) is 0.561. The van der Waals surface area contributed by atoms with E-state index in [1.165, 1.54) is 12.1 Å². The Hall–Kier alpha value is -4.04. The van der Waals surface area contributed by atoms with Crippen LogP contribution in [0.25, 0.3) is 0 Å². The number of non-ortho nitro benzene ring substituents is 1. The maximum absolute atomic E-state index is 13.1. The Morgan fingerprint density at radius 2 is 1.39 bits per heavy atom. The summed E-state index contributed by atoms with van der Waals surface area (Å²) in [7, 11) is 0. The van der Waals surface area contributed by atoms with Gasteiger partial charge in [0.1, 0.15) is 6.04 Å². The summed E-state index contributed by atoms with van der Waals surface area (Å²) in [6.45, 7) is -0.326. The molecule has 0 aliphatic rings. The summed E-state index contributed by atoms with van der Waals surface area (Å²) in [4.78, 5) is 36.1. The lowest BCUT2D eigenvalue weighted by Gasteiger charge is -2.23. The van der Waals surface area contributed by atoms with Crippen LogP contribution >= 0.6 is 0 Å². The highest BCUT2D eigenvalue weighted by Gasteiger charge is 2.24. The number of carbonyl (C=O) groups is 2. The second kappa shape index (κ2) is 11.5. The van der Waals surface area contributed by atoms with Crippen LogP contribution in [0.2, 0.25) is 0 Å². The minimum atomic E-state index is -0.856. The highest BCUT2D eigenvalue weighted by atomic mass is 16.6. The molecule has 0 spiro atoms. The van der Waals surface area contributed by atoms with Crippen molar-refractivity contribution in [2.75, 3.05) is 6.61 Å². The molecule has 2 atom stereocenters. The quantitative estimate of drug-likeness (QED) is 0.326. The van der Waals surface area contributed by atoms with Gasteiger partial charge < -0.3 is 15.7 Å². The average molecular weight is 447 g/mol. The lowest BCUT2D eigenvalue weighted by Crippen LogP contribution is -2.52. The third kappa shape index (κ3) is 6.98. The van der Waals surface area contributed by atoms with Gasteiger partial charge in [-0.15, -0.1) is 0 Å². The van der Waals surface area contributed by atoms with Crippen molar-refractivity contribution in [2.45, 2.75) is 24.9 Å². The van der Waals surface area contributed by atoms with Crippen LogP contribution in [0.3, 0.4) is 0 Å². The minimum Gasteiger partial charge on any atom is -0.394 e. The fourth-order valence-electron chi connectivity index (χ4n) is 3.39. The molecule has 33 heavy (non-hydrogen) atoms. The summed E-state index contributed by atoms with van der Waals surface area (Å²) >= 11 is 0. The van der Waals surface area contributed by atoms with Gasteiger partial charge in [0.05, 0.1) is 17.6 Å². The number of amides is 2. The van der Waals surface area contributed by atoms with Gasteiger partial charge >= 0.3 is 0 Å². The fourth-order valence-corrected chi connectivity index (χ4v) is 3.39. The van der Waals surface area contributed by atoms with Gasteiger partial charge in [0.2, 0.25) is 5.91 Å². The maximum atomic E-state index is 13.1. The molecule has 0 aliphatic carbocycles. The molecule has 0 saturated heterocycles. The Labute approximate surface area is 191 Å². The molecule has 0 unspecified atom stereocenters. The summed E-state index contributed by atoms with van der Waals surface area (Å²) in [5, 5.41) is 26.2. The van der Waals surface area contributed by atoms with E-state index in [2.05, 4.69) is 10.6 Å². The largest absolute Gasteiger partial charge is 0.394 e. The van der Waals surface area contributed by atoms with E-state index in [0.29, 0.717) is 5.56 Å². The topological polar surface area (TPSA) is 122 Å². The van der Waals surface area contributed by atoms with Crippen molar-refractivity contribution in [3.8, 4) is 0 Å². The number of hydrogen-bond donors (Lipinski definition) is 3. The third-order valence-electron chi connectivity index (χ3n) is 5.14. The summed E-state index contributed by atoms with van der Waals surface area (Å²) in [5.74, 6) is -0.799. The molecular formula is C25H25N3O5. The highest BCUT2D eigenvalue weighted by Crippen LogP contribution is 2.13. The minimum absolute atomic E-state index is 0.0325.